The molecule has 3 rings (SSSR count). The number of rotatable bonds is 5. The molecule has 0 spiro atoms. The number of hydrogen-bond donors (Lipinski definition) is 1. The average molecular weight is 454 g/mol. The Balaban J connectivity index is 1.88. The predicted octanol–water partition coefficient (Wildman–Crippen LogP) is 3.57. The minimum absolute atomic E-state index is 0.105. The maximum Gasteiger partial charge on any atom is 0.328 e. The van der Waals surface area contributed by atoms with Crippen LogP contribution in [0.2, 0.25) is 0 Å². The normalized spacial score (nSPS) is 13.9. The van der Waals surface area contributed by atoms with Crippen LogP contribution >= 0.6 is 15.9 Å². The highest BCUT2D eigenvalue weighted by Gasteiger charge is 2.28. The van der Waals surface area contributed by atoms with Crippen molar-refractivity contribution in [2.45, 2.75) is 25.3 Å². The molecule has 0 saturated carbocycles. The first kappa shape index (κ1) is 20.3. The first-order chi connectivity index (χ1) is 13.4. The topological polar surface area (TPSA) is 64.6 Å². The van der Waals surface area contributed by atoms with Gasteiger partial charge in [0.15, 0.2) is 0 Å². The zero-order valence-corrected chi connectivity index (χ0v) is 16.6. The molecule has 28 heavy (non-hydrogen) atoms. The van der Waals surface area contributed by atoms with Crippen LogP contribution in [-0.4, -0.2) is 31.6 Å². The Labute approximate surface area is 169 Å². The molecule has 1 amide bonds. The maximum atomic E-state index is 13.9. The summed E-state index contributed by atoms with van der Waals surface area (Å²) >= 11 is 3.44. The fraction of sp³-hybridized carbons (Fsp3) is 0.300. The molecule has 2 aromatic carbocycles. The van der Waals surface area contributed by atoms with Crippen molar-refractivity contribution in [2.75, 3.05) is 13.7 Å². The van der Waals surface area contributed by atoms with Crippen LogP contribution in [0.1, 0.15) is 27.9 Å². The lowest BCUT2D eigenvalue weighted by Gasteiger charge is -2.24. The fourth-order valence-corrected chi connectivity index (χ4v) is 3.67. The largest absolute Gasteiger partial charge is 0.492 e. The summed E-state index contributed by atoms with van der Waals surface area (Å²) in [4.78, 5) is 24.6. The number of hydrogen-bond acceptors (Lipinski definition) is 4. The molecule has 0 saturated heterocycles. The van der Waals surface area contributed by atoms with Gasteiger partial charge in [-0.05, 0) is 58.1 Å². The summed E-state index contributed by atoms with van der Waals surface area (Å²) in [7, 11) is 1.19. The summed E-state index contributed by atoms with van der Waals surface area (Å²) in [6.07, 6.45) is 1.69. The Hall–Kier alpha value is -2.48. The number of amides is 1. The third kappa shape index (κ3) is 4.16. The van der Waals surface area contributed by atoms with Gasteiger partial charge < -0.3 is 14.8 Å². The van der Waals surface area contributed by atoms with Crippen LogP contribution in [0.15, 0.2) is 34.8 Å². The van der Waals surface area contributed by atoms with Crippen LogP contribution in [0.3, 0.4) is 0 Å². The second-order valence-corrected chi connectivity index (χ2v) is 7.17. The fourth-order valence-electron chi connectivity index (χ4n) is 3.19. The predicted molar refractivity (Wildman–Crippen MR) is 101 cm³/mol. The Bertz CT molecular complexity index is 899. The van der Waals surface area contributed by atoms with E-state index >= 15 is 0 Å². The SMILES string of the molecule is COC(=O)[C@H](Cc1ccc(Br)c2c1CCCO2)NC(=O)c1c(F)cccc1F. The van der Waals surface area contributed by atoms with E-state index in [2.05, 4.69) is 21.2 Å². The van der Waals surface area contributed by atoms with Crippen LogP contribution in [0.5, 0.6) is 5.75 Å². The number of fused-ring (bicyclic) bond motifs is 1. The molecule has 0 aromatic heterocycles. The molecule has 1 heterocycles. The Morgan fingerprint density at radius 3 is 2.64 bits per heavy atom. The van der Waals surface area contributed by atoms with Gasteiger partial charge in [-0.25, -0.2) is 13.6 Å². The van der Waals surface area contributed by atoms with Gasteiger partial charge in [-0.2, -0.15) is 0 Å². The molecule has 1 aliphatic heterocycles. The summed E-state index contributed by atoms with van der Waals surface area (Å²) in [5, 5.41) is 2.39. The molecule has 8 heteroatoms. The summed E-state index contributed by atoms with van der Waals surface area (Å²) in [6.45, 7) is 0.596. The Morgan fingerprint density at radius 1 is 1.25 bits per heavy atom. The summed E-state index contributed by atoms with van der Waals surface area (Å²) in [5.41, 5.74) is 0.987. The van der Waals surface area contributed by atoms with E-state index in [-0.39, 0.29) is 6.42 Å². The Kier molecular flexibility index (Phi) is 6.28. The summed E-state index contributed by atoms with van der Waals surface area (Å²) in [6, 6.07) is 5.63. The van der Waals surface area contributed by atoms with E-state index in [1.165, 1.54) is 7.11 Å². The molecule has 1 atom stereocenters. The molecule has 1 aliphatic rings. The monoisotopic (exact) mass is 453 g/mol. The quantitative estimate of drug-likeness (QED) is 0.702. The minimum atomic E-state index is -1.11. The van der Waals surface area contributed by atoms with Gasteiger partial charge in [-0.15, -0.1) is 0 Å². The van der Waals surface area contributed by atoms with E-state index < -0.39 is 35.1 Å². The number of halogens is 3. The van der Waals surface area contributed by atoms with Crippen LogP contribution < -0.4 is 10.1 Å². The average Bonchev–Trinajstić information content (AvgIpc) is 2.69. The molecule has 5 nitrogen and oxygen atoms in total. The second-order valence-electron chi connectivity index (χ2n) is 6.32. The van der Waals surface area contributed by atoms with Gasteiger partial charge in [0.1, 0.15) is 29.0 Å². The first-order valence-electron chi connectivity index (χ1n) is 8.68. The van der Waals surface area contributed by atoms with Crippen LogP contribution in [0.4, 0.5) is 8.78 Å². The molecule has 0 unspecified atom stereocenters. The van der Waals surface area contributed by atoms with E-state index in [0.29, 0.717) is 12.4 Å². The molecule has 2 aromatic rings. The number of esters is 1. The molecule has 0 bridgehead atoms. The van der Waals surface area contributed by atoms with Crippen molar-refractivity contribution in [3.8, 4) is 5.75 Å². The van der Waals surface area contributed by atoms with Gasteiger partial charge >= 0.3 is 5.97 Å². The molecular formula is C20H18BrF2NO4. The molecule has 0 aliphatic carbocycles. The van der Waals surface area contributed by atoms with Crippen molar-refractivity contribution in [3.05, 3.63) is 63.1 Å². The van der Waals surface area contributed by atoms with E-state index in [1.807, 2.05) is 6.07 Å². The maximum absolute atomic E-state index is 13.9. The summed E-state index contributed by atoms with van der Waals surface area (Å²) < 4.78 is 39.1. The van der Waals surface area contributed by atoms with Crippen molar-refractivity contribution >= 4 is 27.8 Å². The highest BCUT2D eigenvalue weighted by Crippen LogP contribution is 2.35. The third-order valence-corrected chi connectivity index (χ3v) is 5.16. The van der Waals surface area contributed by atoms with Crippen molar-refractivity contribution in [1.29, 1.82) is 0 Å². The summed E-state index contributed by atoms with van der Waals surface area (Å²) in [5.74, 6) is -3.03. The number of methoxy groups -OCH3 is 1. The lowest BCUT2D eigenvalue weighted by molar-refractivity contribution is -0.142. The van der Waals surface area contributed by atoms with E-state index in [1.54, 1.807) is 6.07 Å². The standard InChI is InChI=1S/C20H18BrF2NO4/c1-27-20(26)16(24-19(25)17-14(22)5-2-6-15(17)23)10-11-7-8-13(21)18-12(11)4-3-9-28-18/h2,5-8,16H,3-4,9-10H2,1H3,(H,24,25)/t16-/m0/s1. The zero-order chi connectivity index (χ0) is 20.3. The lowest BCUT2D eigenvalue weighted by Crippen LogP contribution is -2.43. The van der Waals surface area contributed by atoms with Crippen LogP contribution in [0.25, 0.3) is 0 Å². The molecule has 0 fully saturated rings. The number of carbonyl (C=O) groups excluding carboxylic acids is 2. The van der Waals surface area contributed by atoms with E-state index in [0.717, 1.165) is 46.6 Å². The number of benzene rings is 2. The van der Waals surface area contributed by atoms with Crippen LogP contribution in [0, 0.1) is 11.6 Å². The van der Waals surface area contributed by atoms with Gasteiger partial charge in [0.05, 0.1) is 18.2 Å². The molecule has 1 N–H and O–H groups in total. The van der Waals surface area contributed by atoms with E-state index in [4.69, 9.17) is 9.47 Å². The van der Waals surface area contributed by atoms with Crippen LogP contribution in [-0.2, 0) is 22.4 Å². The number of nitrogens with one attached hydrogen (secondary N) is 1. The molecule has 148 valence electrons. The van der Waals surface area contributed by atoms with Gasteiger partial charge in [0.2, 0.25) is 0 Å². The Morgan fingerprint density at radius 2 is 1.96 bits per heavy atom. The second kappa shape index (κ2) is 8.68. The minimum Gasteiger partial charge on any atom is -0.492 e. The highest BCUT2D eigenvalue weighted by atomic mass is 79.9. The van der Waals surface area contributed by atoms with Crippen molar-refractivity contribution in [3.63, 3.8) is 0 Å². The molecule has 0 radical (unpaired) electrons. The number of carbonyl (C=O) groups is 2. The highest BCUT2D eigenvalue weighted by molar-refractivity contribution is 9.10. The molecular weight excluding hydrogens is 436 g/mol. The third-order valence-electron chi connectivity index (χ3n) is 4.53. The van der Waals surface area contributed by atoms with Gasteiger partial charge in [-0.1, -0.05) is 12.1 Å². The smallest absolute Gasteiger partial charge is 0.328 e. The van der Waals surface area contributed by atoms with Gasteiger partial charge in [0, 0.05) is 6.42 Å². The zero-order valence-electron chi connectivity index (χ0n) is 15.1. The van der Waals surface area contributed by atoms with Crippen molar-refractivity contribution in [1.82, 2.24) is 5.32 Å². The van der Waals surface area contributed by atoms with E-state index in [9.17, 15) is 18.4 Å². The number of ether oxygens (including phenoxy) is 2. The lowest BCUT2D eigenvalue weighted by atomic mass is 9.95. The van der Waals surface area contributed by atoms with Crippen molar-refractivity contribution < 1.29 is 27.8 Å². The van der Waals surface area contributed by atoms with Crippen molar-refractivity contribution in [2.24, 2.45) is 0 Å². The first-order valence-corrected chi connectivity index (χ1v) is 9.47. The van der Waals surface area contributed by atoms with Gasteiger partial charge in [-0.3, -0.25) is 4.79 Å². The van der Waals surface area contributed by atoms with Gasteiger partial charge in [0.25, 0.3) is 5.91 Å².